The lowest BCUT2D eigenvalue weighted by molar-refractivity contribution is -0.154. The van der Waals surface area contributed by atoms with Crippen LogP contribution in [0.2, 0.25) is 0 Å². The van der Waals surface area contributed by atoms with Crippen molar-refractivity contribution in [2.75, 3.05) is 19.8 Å². The highest BCUT2D eigenvalue weighted by Crippen LogP contribution is 2.30. The van der Waals surface area contributed by atoms with Crippen LogP contribution in [-0.2, 0) is 9.53 Å². The van der Waals surface area contributed by atoms with Crippen LogP contribution in [0.15, 0.2) is 24.3 Å². The van der Waals surface area contributed by atoms with E-state index in [4.69, 9.17) is 10.5 Å². The average molecular weight is 306 g/mol. The van der Waals surface area contributed by atoms with Gasteiger partial charge in [0.25, 0.3) is 5.91 Å². The zero-order valence-electron chi connectivity index (χ0n) is 12.0. The molecule has 0 aliphatic carbocycles. The van der Waals surface area contributed by atoms with Crippen LogP contribution in [0.5, 0.6) is 0 Å². The summed E-state index contributed by atoms with van der Waals surface area (Å²) in [5, 5.41) is 12.1. The van der Waals surface area contributed by atoms with E-state index >= 15 is 0 Å². The van der Waals surface area contributed by atoms with E-state index in [0.29, 0.717) is 26.1 Å². The quantitative estimate of drug-likeness (QED) is 0.727. The zero-order chi connectivity index (χ0) is 16.2. The van der Waals surface area contributed by atoms with Crippen molar-refractivity contribution in [3.8, 4) is 0 Å². The van der Waals surface area contributed by atoms with Crippen molar-refractivity contribution < 1.29 is 24.2 Å². The van der Waals surface area contributed by atoms with E-state index in [1.54, 1.807) is 12.1 Å². The largest absolute Gasteiger partial charge is 0.481 e. The highest BCUT2D eigenvalue weighted by atomic mass is 16.5. The predicted molar refractivity (Wildman–Crippen MR) is 77.4 cm³/mol. The maximum absolute atomic E-state index is 12.1. The Bertz CT molecular complexity index is 593. The van der Waals surface area contributed by atoms with E-state index in [1.165, 1.54) is 12.1 Å². The molecule has 0 unspecified atom stereocenters. The number of carboxylic acids is 1. The molecule has 1 fully saturated rings. The number of benzene rings is 1. The fourth-order valence-corrected chi connectivity index (χ4v) is 2.39. The van der Waals surface area contributed by atoms with Crippen LogP contribution in [0, 0.1) is 5.41 Å². The minimum absolute atomic E-state index is 0.0192. The van der Waals surface area contributed by atoms with Gasteiger partial charge in [-0.3, -0.25) is 14.4 Å². The number of ether oxygens (including phenoxy) is 1. The van der Waals surface area contributed by atoms with Crippen molar-refractivity contribution >= 4 is 17.8 Å². The molecule has 118 valence electrons. The molecular weight excluding hydrogens is 288 g/mol. The number of nitrogens with two attached hydrogens (primary N) is 1. The maximum atomic E-state index is 12.1. The topological polar surface area (TPSA) is 119 Å². The van der Waals surface area contributed by atoms with E-state index in [-0.39, 0.29) is 17.7 Å². The molecule has 0 aromatic heterocycles. The number of carboxylic acid groups (broad SMARTS) is 1. The molecule has 1 aromatic carbocycles. The van der Waals surface area contributed by atoms with Crippen molar-refractivity contribution in [3.63, 3.8) is 0 Å². The van der Waals surface area contributed by atoms with Gasteiger partial charge in [-0.1, -0.05) is 6.07 Å². The summed E-state index contributed by atoms with van der Waals surface area (Å²) in [5.41, 5.74) is 4.66. The monoisotopic (exact) mass is 306 g/mol. The van der Waals surface area contributed by atoms with Gasteiger partial charge in [0.1, 0.15) is 0 Å². The SMILES string of the molecule is NC(=O)c1cccc(C(=O)NCC2(C(=O)O)CCOCC2)c1. The molecule has 1 aliphatic heterocycles. The minimum atomic E-state index is -1.00. The zero-order valence-corrected chi connectivity index (χ0v) is 12.0. The third kappa shape index (κ3) is 3.43. The van der Waals surface area contributed by atoms with Crippen LogP contribution in [-0.4, -0.2) is 42.6 Å². The first-order valence-corrected chi connectivity index (χ1v) is 6.94. The van der Waals surface area contributed by atoms with Gasteiger partial charge in [0.05, 0.1) is 5.41 Å². The molecule has 22 heavy (non-hydrogen) atoms. The summed E-state index contributed by atoms with van der Waals surface area (Å²) in [6, 6.07) is 5.99. The van der Waals surface area contributed by atoms with Crippen LogP contribution < -0.4 is 11.1 Å². The Kier molecular flexibility index (Phi) is 4.77. The summed E-state index contributed by atoms with van der Waals surface area (Å²) >= 11 is 0. The third-order valence-electron chi connectivity index (χ3n) is 3.90. The summed E-state index contributed by atoms with van der Waals surface area (Å²) in [4.78, 5) is 34.8. The third-order valence-corrected chi connectivity index (χ3v) is 3.90. The second-order valence-electron chi connectivity index (χ2n) is 5.33. The second kappa shape index (κ2) is 6.57. The van der Waals surface area contributed by atoms with E-state index in [0.717, 1.165) is 0 Å². The Morgan fingerprint density at radius 1 is 1.23 bits per heavy atom. The molecule has 4 N–H and O–H groups in total. The highest BCUT2D eigenvalue weighted by molar-refractivity contribution is 5.99. The van der Waals surface area contributed by atoms with Gasteiger partial charge < -0.3 is 20.9 Å². The first-order chi connectivity index (χ1) is 10.4. The molecule has 0 bridgehead atoms. The molecule has 1 saturated heterocycles. The van der Waals surface area contributed by atoms with Crippen LogP contribution >= 0.6 is 0 Å². The fourth-order valence-electron chi connectivity index (χ4n) is 2.39. The number of hydrogen-bond donors (Lipinski definition) is 3. The van der Waals surface area contributed by atoms with Crippen LogP contribution in [0.4, 0.5) is 0 Å². The van der Waals surface area contributed by atoms with Crippen molar-refractivity contribution in [1.82, 2.24) is 5.32 Å². The molecule has 1 aromatic rings. The molecule has 7 heteroatoms. The van der Waals surface area contributed by atoms with Crippen LogP contribution in [0.1, 0.15) is 33.6 Å². The molecule has 0 atom stereocenters. The molecule has 1 heterocycles. The first-order valence-electron chi connectivity index (χ1n) is 6.94. The van der Waals surface area contributed by atoms with Crippen molar-refractivity contribution in [3.05, 3.63) is 35.4 Å². The van der Waals surface area contributed by atoms with E-state index in [1.807, 2.05) is 0 Å². The smallest absolute Gasteiger partial charge is 0.311 e. The molecule has 7 nitrogen and oxygen atoms in total. The Balaban J connectivity index is 2.06. The standard InChI is InChI=1S/C15H18N2O5/c16-12(18)10-2-1-3-11(8-10)13(19)17-9-15(14(20)21)4-6-22-7-5-15/h1-3,8H,4-7,9H2,(H2,16,18)(H,17,19)(H,20,21). The number of nitrogens with one attached hydrogen (secondary N) is 1. The maximum Gasteiger partial charge on any atom is 0.311 e. The molecule has 0 spiro atoms. The summed E-state index contributed by atoms with van der Waals surface area (Å²) < 4.78 is 5.18. The van der Waals surface area contributed by atoms with Gasteiger partial charge in [0, 0.05) is 30.9 Å². The van der Waals surface area contributed by atoms with Crippen LogP contribution in [0.25, 0.3) is 0 Å². The number of hydrogen-bond acceptors (Lipinski definition) is 4. The summed E-state index contributed by atoms with van der Waals surface area (Å²) in [6.45, 7) is 0.740. The Labute approximate surface area is 127 Å². The van der Waals surface area contributed by atoms with Gasteiger partial charge in [-0.05, 0) is 31.0 Å². The van der Waals surface area contributed by atoms with Gasteiger partial charge in [-0.2, -0.15) is 0 Å². The molecule has 2 rings (SSSR count). The number of rotatable bonds is 5. The number of aliphatic carboxylic acids is 1. The van der Waals surface area contributed by atoms with Gasteiger partial charge in [-0.15, -0.1) is 0 Å². The van der Waals surface area contributed by atoms with Gasteiger partial charge in [0.2, 0.25) is 5.91 Å². The van der Waals surface area contributed by atoms with Gasteiger partial charge in [0.15, 0.2) is 0 Å². The number of carbonyl (C=O) groups is 3. The average Bonchev–Trinajstić information content (AvgIpc) is 2.53. The van der Waals surface area contributed by atoms with Crippen molar-refractivity contribution in [2.24, 2.45) is 11.1 Å². The number of primary amides is 1. The second-order valence-corrected chi connectivity index (χ2v) is 5.33. The molecular formula is C15H18N2O5. The van der Waals surface area contributed by atoms with E-state index in [2.05, 4.69) is 5.32 Å². The predicted octanol–water partition coefficient (Wildman–Crippen LogP) is 0.397. The number of carbonyl (C=O) groups excluding carboxylic acids is 2. The summed E-state index contributed by atoms with van der Waals surface area (Å²) in [7, 11) is 0. The van der Waals surface area contributed by atoms with Crippen molar-refractivity contribution in [1.29, 1.82) is 0 Å². The molecule has 2 amide bonds. The Hall–Kier alpha value is -2.41. The fraction of sp³-hybridized carbons (Fsp3) is 0.400. The summed E-state index contributed by atoms with van der Waals surface area (Å²) in [5.74, 6) is -2.00. The van der Waals surface area contributed by atoms with Crippen molar-refractivity contribution in [2.45, 2.75) is 12.8 Å². The van der Waals surface area contributed by atoms with Gasteiger partial charge in [-0.25, -0.2) is 0 Å². The Morgan fingerprint density at radius 3 is 2.45 bits per heavy atom. The highest BCUT2D eigenvalue weighted by Gasteiger charge is 2.40. The molecule has 0 radical (unpaired) electrons. The van der Waals surface area contributed by atoms with Crippen LogP contribution in [0.3, 0.4) is 0 Å². The van der Waals surface area contributed by atoms with E-state index < -0.39 is 23.2 Å². The lowest BCUT2D eigenvalue weighted by Gasteiger charge is -2.33. The van der Waals surface area contributed by atoms with E-state index in [9.17, 15) is 19.5 Å². The minimum Gasteiger partial charge on any atom is -0.481 e. The first kappa shape index (κ1) is 16.0. The summed E-state index contributed by atoms with van der Waals surface area (Å²) in [6.07, 6.45) is 0.702. The lowest BCUT2D eigenvalue weighted by Crippen LogP contribution is -2.46. The lowest BCUT2D eigenvalue weighted by atomic mass is 9.80. The normalized spacial score (nSPS) is 16.7. The Morgan fingerprint density at radius 2 is 1.86 bits per heavy atom. The molecule has 1 aliphatic rings. The van der Waals surface area contributed by atoms with Gasteiger partial charge >= 0.3 is 5.97 Å². The number of amides is 2. The molecule has 0 saturated carbocycles.